The first-order valence-electron chi connectivity index (χ1n) is 13.3. The topological polar surface area (TPSA) is 95.5 Å². The molecular formula is C31H36N6O2. The zero-order valence-corrected chi connectivity index (χ0v) is 22.9. The van der Waals surface area contributed by atoms with E-state index in [2.05, 4.69) is 38.8 Å². The Morgan fingerprint density at radius 2 is 1.90 bits per heavy atom. The lowest BCUT2D eigenvalue weighted by Gasteiger charge is -2.22. The Balaban J connectivity index is 1.35. The van der Waals surface area contributed by atoms with Crippen LogP contribution in [0.15, 0.2) is 84.1 Å². The number of carbonyl (C=O) groups excluding carboxylic acids is 1. The molecule has 0 fully saturated rings. The number of hydrogen-bond acceptors (Lipinski definition) is 6. The highest BCUT2D eigenvalue weighted by atomic mass is 16.5. The van der Waals surface area contributed by atoms with Gasteiger partial charge in [-0.3, -0.25) is 4.79 Å². The second-order valence-electron chi connectivity index (χ2n) is 9.46. The number of hydrogen-bond donors (Lipinski definition) is 2. The first kappa shape index (κ1) is 27.6. The van der Waals surface area contributed by atoms with Crippen molar-refractivity contribution in [3.63, 3.8) is 0 Å². The highest BCUT2D eigenvalue weighted by Crippen LogP contribution is 2.20. The Morgan fingerprint density at radius 1 is 1.08 bits per heavy atom. The highest BCUT2D eigenvalue weighted by molar-refractivity contribution is 5.98. The fourth-order valence-corrected chi connectivity index (χ4v) is 4.40. The van der Waals surface area contributed by atoms with Crippen molar-refractivity contribution in [2.75, 3.05) is 25.5 Å². The van der Waals surface area contributed by atoms with Gasteiger partial charge >= 0.3 is 0 Å². The number of aryl methyl sites for hydroxylation is 1. The normalized spacial score (nSPS) is 11.4. The maximum atomic E-state index is 12.9. The summed E-state index contributed by atoms with van der Waals surface area (Å²) < 4.78 is 5.42. The van der Waals surface area contributed by atoms with Gasteiger partial charge in [-0.25, -0.2) is 15.0 Å². The van der Waals surface area contributed by atoms with Gasteiger partial charge in [-0.05, 0) is 80.6 Å². The molecule has 1 amide bonds. The zero-order valence-electron chi connectivity index (χ0n) is 22.9. The maximum Gasteiger partial charge on any atom is 0.253 e. The number of fused-ring (bicyclic) bond motifs is 1. The predicted octanol–water partition coefficient (Wildman–Crippen LogP) is 6.50. The molecule has 2 heterocycles. The number of methoxy groups -OCH3 is 1. The van der Waals surface area contributed by atoms with Gasteiger partial charge < -0.3 is 19.9 Å². The van der Waals surface area contributed by atoms with Crippen LogP contribution in [0.25, 0.3) is 11.0 Å². The van der Waals surface area contributed by atoms with Crippen LogP contribution in [0.4, 0.5) is 11.8 Å². The largest absolute Gasteiger partial charge is 0.481 e. The van der Waals surface area contributed by atoms with Gasteiger partial charge in [-0.1, -0.05) is 31.7 Å². The molecule has 0 radical (unpaired) electrons. The number of amides is 1. The van der Waals surface area contributed by atoms with Crippen LogP contribution in [0.1, 0.15) is 54.6 Å². The summed E-state index contributed by atoms with van der Waals surface area (Å²) in [6.45, 7) is 9.27. The Morgan fingerprint density at radius 3 is 2.64 bits per heavy atom. The van der Waals surface area contributed by atoms with Crippen LogP contribution in [-0.2, 0) is 11.2 Å². The number of ether oxygens (including phenoxy) is 1. The Bertz CT molecular complexity index is 1440. The van der Waals surface area contributed by atoms with Crippen molar-refractivity contribution in [2.45, 2.75) is 39.5 Å². The number of rotatable bonds is 12. The van der Waals surface area contributed by atoms with Crippen LogP contribution >= 0.6 is 0 Å². The van der Waals surface area contributed by atoms with Gasteiger partial charge in [-0.2, -0.15) is 0 Å². The summed E-state index contributed by atoms with van der Waals surface area (Å²) in [7, 11) is 1.59. The lowest BCUT2D eigenvalue weighted by Crippen LogP contribution is -2.32. The Labute approximate surface area is 229 Å². The number of allylic oxidation sites excluding steroid dienone is 1. The average molecular weight is 525 g/mol. The molecule has 0 aliphatic heterocycles. The number of nitrogens with one attached hydrogen (secondary N) is 2. The summed E-state index contributed by atoms with van der Waals surface area (Å²) in [6.07, 6.45) is 5.57. The molecule has 0 aliphatic rings. The quantitative estimate of drug-likeness (QED) is 0.125. The van der Waals surface area contributed by atoms with E-state index in [1.54, 1.807) is 13.3 Å². The second-order valence-corrected chi connectivity index (χ2v) is 9.46. The first-order chi connectivity index (χ1) is 19.0. The molecule has 202 valence electrons. The van der Waals surface area contributed by atoms with Crippen molar-refractivity contribution in [3.8, 4) is 0 Å². The van der Waals surface area contributed by atoms with Gasteiger partial charge in [0.2, 0.25) is 11.8 Å². The number of aromatic nitrogens is 3. The smallest absolute Gasteiger partial charge is 0.253 e. The molecule has 0 bridgehead atoms. The molecule has 2 aromatic heterocycles. The van der Waals surface area contributed by atoms with E-state index in [0.717, 1.165) is 66.8 Å². The van der Waals surface area contributed by atoms with Crippen molar-refractivity contribution in [2.24, 2.45) is 4.99 Å². The van der Waals surface area contributed by atoms with E-state index in [1.165, 1.54) is 5.56 Å². The molecule has 0 unspecified atom stereocenters. The molecule has 2 aromatic carbocycles. The number of imidazole rings is 1. The molecule has 8 heteroatoms. The molecule has 0 saturated carbocycles. The summed E-state index contributed by atoms with van der Waals surface area (Å²) in [5, 5.41) is 3.28. The molecule has 4 aromatic rings. The third-order valence-corrected chi connectivity index (χ3v) is 6.23. The maximum absolute atomic E-state index is 12.9. The number of benzene rings is 2. The molecule has 2 N–H and O–H groups in total. The SMILES string of the molecule is C=C(C)N=C(OC)c1ccc2nc(Nc3cc(CCCCN(CCC)C(=O)c4ccccc4)ccn3)[nH]c2c1. The monoisotopic (exact) mass is 524 g/mol. The van der Waals surface area contributed by atoms with E-state index in [9.17, 15) is 4.79 Å². The van der Waals surface area contributed by atoms with E-state index in [0.29, 0.717) is 17.5 Å². The minimum Gasteiger partial charge on any atom is -0.481 e. The van der Waals surface area contributed by atoms with Gasteiger partial charge in [0, 0.05) is 36.1 Å². The van der Waals surface area contributed by atoms with Crippen molar-refractivity contribution < 1.29 is 9.53 Å². The molecule has 0 atom stereocenters. The Hall–Kier alpha value is -4.46. The lowest BCUT2D eigenvalue weighted by atomic mass is 10.1. The van der Waals surface area contributed by atoms with Crippen LogP contribution in [0.5, 0.6) is 0 Å². The molecular weight excluding hydrogens is 488 g/mol. The van der Waals surface area contributed by atoms with Gasteiger partial charge in [0.15, 0.2) is 0 Å². The summed E-state index contributed by atoms with van der Waals surface area (Å²) in [5.41, 5.74) is 5.12. The first-order valence-corrected chi connectivity index (χ1v) is 13.3. The molecule has 0 saturated heterocycles. The number of aromatic amines is 1. The van der Waals surface area contributed by atoms with Gasteiger partial charge in [-0.15, -0.1) is 0 Å². The number of nitrogens with zero attached hydrogens (tertiary/aromatic N) is 4. The van der Waals surface area contributed by atoms with Gasteiger partial charge in [0.25, 0.3) is 5.91 Å². The van der Waals surface area contributed by atoms with E-state index < -0.39 is 0 Å². The fourth-order valence-electron chi connectivity index (χ4n) is 4.40. The summed E-state index contributed by atoms with van der Waals surface area (Å²) in [4.78, 5) is 31.6. The number of H-pyrrole nitrogens is 1. The standard InChI is InChI=1S/C31H36N6O2/c1-5-18-37(30(38)24-12-7-6-8-13-24)19-10-9-11-23-16-17-32-28(20-23)36-31-34-26-15-14-25(21-27(26)35-31)29(39-4)33-22(2)3/h6-8,12-17,20-21H,2,5,9-11,18-19H2,1,3-4H3,(H2,32,34,35,36). The third kappa shape index (κ3) is 7.54. The minimum absolute atomic E-state index is 0.104. The van der Waals surface area contributed by atoms with Gasteiger partial charge in [0.05, 0.1) is 18.1 Å². The highest BCUT2D eigenvalue weighted by Gasteiger charge is 2.14. The van der Waals surface area contributed by atoms with Crippen molar-refractivity contribution >= 4 is 34.6 Å². The summed E-state index contributed by atoms with van der Waals surface area (Å²) in [5.74, 6) is 1.94. The van der Waals surface area contributed by atoms with E-state index in [-0.39, 0.29) is 5.91 Å². The van der Waals surface area contributed by atoms with E-state index in [4.69, 9.17) is 4.74 Å². The van der Waals surface area contributed by atoms with Crippen LogP contribution < -0.4 is 5.32 Å². The van der Waals surface area contributed by atoms with E-state index >= 15 is 0 Å². The van der Waals surface area contributed by atoms with Crippen LogP contribution in [-0.4, -0.2) is 51.9 Å². The average Bonchev–Trinajstić information content (AvgIpc) is 3.35. The zero-order chi connectivity index (χ0) is 27.6. The number of carbonyl (C=O) groups is 1. The van der Waals surface area contributed by atoms with Crippen LogP contribution in [0.3, 0.4) is 0 Å². The molecule has 0 spiro atoms. The molecule has 39 heavy (non-hydrogen) atoms. The fraction of sp³-hybridized carbons (Fsp3) is 0.290. The third-order valence-electron chi connectivity index (χ3n) is 6.23. The van der Waals surface area contributed by atoms with Crippen LogP contribution in [0.2, 0.25) is 0 Å². The van der Waals surface area contributed by atoms with Crippen molar-refractivity contribution in [1.29, 1.82) is 0 Å². The molecule has 8 nitrogen and oxygen atoms in total. The number of pyridine rings is 1. The second kappa shape index (κ2) is 13.4. The predicted molar refractivity (Wildman–Crippen MR) is 158 cm³/mol. The summed E-state index contributed by atoms with van der Waals surface area (Å²) >= 11 is 0. The van der Waals surface area contributed by atoms with Crippen molar-refractivity contribution in [1.82, 2.24) is 19.9 Å². The molecule has 0 aliphatic carbocycles. The lowest BCUT2D eigenvalue weighted by molar-refractivity contribution is 0.0753. The molecule has 4 rings (SSSR count). The number of aliphatic imine (C=N–C) groups is 1. The van der Waals surface area contributed by atoms with Crippen LogP contribution in [0, 0.1) is 0 Å². The number of unbranched alkanes of at least 4 members (excludes halogenated alkanes) is 1. The van der Waals surface area contributed by atoms with Gasteiger partial charge in [0.1, 0.15) is 5.82 Å². The Kier molecular flexibility index (Phi) is 9.45. The van der Waals surface area contributed by atoms with E-state index in [1.807, 2.05) is 72.5 Å². The number of anilines is 2. The summed E-state index contributed by atoms with van der Waals surface area (Å²) in [6, 6.07) is 19.4. The minimum atomic E-state index is 0.104. The van der Waals surface area contributed by atoms with Crippen molar-refractivity contribution in [3.05, 3.63) is 95.8 Å².